The first-order valence-electron chi connectivity index (χ1n) is 11.5. The SMILES string of the molecule is CCOc1ccc2oc(-c3ccccc3)c(C(=O)Oc3ccc(C(=O)C=Cc4cccs4)cc3)c2c1. The number of carbonyl (C=O) groups is 2. The van der Waals surface area contributed by atoms with Gasteiger partial charge in [0, 0.05) is 21.4 Å². The van der Waals surface area contributed by atoms with Crippen molar-refractivity contribution in [2.75, 3.05) is 6.61 Å². The van der Waals surface area contributed by atoms with Crippen LogP contribution in [0.25, 0.3) is 28.4 Å². The number of ketones is 1. The summed E-state index contributed by atoms with van der Waals surface area (Å²) in [6.45, 7) is 2.40. The third-order valence-electron chi connectivity index (χ3n) is 5.50. The van der Waals surface area contributed by atoms with Gasteiger partial charge in [-0.05, 0) is 73.0 Å². The third kappa shape index (κ3) is 4.99. The summed E-state index contributed by atoms with van der Waals surface area (Å²) in [5.41, 5.74) is 2.14. The van der Waals surface area contributed by atoms with Crippen LogP contribution in [-0.4, -0.2) is 18.4 Å². The molecule has 0 unspecified atom stereocenters. The second-order valence-corrected chi connectivity index (χ2v) is 8.87. The smallest absolute Gasteiger partial charge is 0.348 e. The van der Waals surface area contributed by atoms with Crippen LogP contribution in [0, 0.1) is 0 Å². The van der Waals surface area contributed by atoms with E-state index in [0.717, 1.165) is 10.4 Å². The maximum atomic E-state index is 13.4. The molecule has 0 saturated carbocycles. The van der Waals surface area contributed by atoms with Crippen molar-refractivity contribution in [1.82, 2.24) is 0 Å². The average Bonchev–Trinajstić information content (AvgIpc) is 3.56. The number of benzene rings is 3. The fourth-order valence-corrected chi connectivity index (χ4v) is 4.43. The minimum absolute atomic E-state index is 0.128. The highest BCUT2D eigenvalue weighted by Crippen LogP contribution is 2.36. The summed E-state index contributed by atoms with van der Waals surface area (Å²) in [4.78, 5) is 26.9. The molecule has 178 valence electrons. The Balaban J connectivity index is 1.43. The first-order chi connectivity index (χ1) is 17.6. The van der Waals surface area contributed by atoms with Gasteiger partial charge in [-0.3, -0.25) is 4.79 Å². The fourth-order valence-electron chi connectivity index (χ4n) is 3.81. The van der Waals surface area contributed by atoms with Crippen LogP contribution in [0.4, 0.5) is 0 Å². The van der Waals surface area contributed by atoms with E-state index < -0.39 is 5.97 Å². The van der Waals surface area contributed by atoms with Crippen LogP contribution in [-0.2, 0) is 0 Å². The molecule has 0 fully saturated rings. The number of furan rings is 1. The maximum Gasteiger partial charge on any atom is 0.348 e. The Morgan fingerprint density at radius 2 is 1.69 bits per heavy atom. The zero-order valence-electron chi connectivity index (χ0n) is 19.5. The maximum absolute atomic E-state index is 13.4. The van der Waals surface area contributed by atoms with Gasteiger partial charge in [-0.25, -0.2) is 4.79 Å². The van der Waals surface area contributed by atoms with Crippen molar-refractivity contribution >= 4 is 40.1 Å². The molecule has 5 aromatic rings. The highest BCUT2D eigenvalue weighted by molar-refractivity contribution is 7.10. The largest absolute Gasteiger partial charge is 0.494 e. The van der Waals surface area contributed by atoms with Gasteiger partial charge in [-0.2, -0.15) is 0 Å². The molecule has 0 amide bonds. The zero-order valence-corrected chi connectivity index (χ0v) is 20.3. The Morgan fingerprint density at radius 3 is 2.42 bits per heavy atom. The van der Waals surface area contributed by atoms with E-state index in [1.54, 1.807) is 53.8 Å². The van der Waals surface area contributed by atoms with E-state index in [0.29, 0.717) is 46.0 Å². The van der Waals surface area contributed by atoms with Crippen molar-refractivity contribution in [1.29, 1.82) is 0 Å². The van der Waals surface area contributed by atoms with Crippen LogP contribution in [0.5, 0.6) is 11.5 Å². The number of carbonyl (C=O) groups excluding carboxylic acids is 2. The van der Waals surface area contributed by atoms with Crippen LogP contribution in [0.1, 0.15) is 32.5 Å². The lowest BCUT2D eigenvalue weighted by Gasteiger charge is -2.07. The first kappa shape index (κ1) is 23.3. The molecular formula is C30H22O5S. The molecule has 5 rings (SSSR count). The van der Waals surface area contributed by atoms with Crippen molar-refractivity contribution in [2.45, 2.75) is 6.92 Å². The predicted octanol–water partition coefficient (Wildman–Crippen LogP) is 7.68. The molecule has 36 heavy (non-hydrogen) atoms. The van der Waals surface area contributed by atoms with Crippen LogP contribution in [0.3, 0.4) is 0 Å². The number of thiophene rings is 1. The van der Waals surface area contributed by atoms with Gasteiger partial charge >= 0.3 is 5.97 Å². The van der Waals surface area contributed by atoms with Gasteiger partial charge in [-0.1, -0.05) is 36.4 Å². The van der Waals surface area contributed by atoms with Gasteiger partial charge < -0.3 is 13.9 Å². The molecule has 0 aliphatic heterocycles. The summed E-state index contributed by atoms with van der Waals surface area (Å²) < 4.78 is 17.4. The molecule has 0 N–H and O–H groups in total. The number of rotatable bonds is 8. The summed E-state index contributed by atoms with van der Waals surface area (Å²) >= 11 is 1.56. The molecule has 0 aliphatic carbocycles. The van der Waals surface area contributed by atoms with Crippen LogP contribution < -0.4 is 9.47 Å². The standard InChI is InChI=1S/C30H22O5S/c1-2-33-23-14-17-27-25(19-23)28(29(35-27)21-7-4-3-5-8-21)30(32)34-22-12-10-20(11-13-22)26(31)16-15-24-9-6-18-36-24/h3-19H,2H2,1H3. The van der Waals surface area contributed by atoms with E-state index in [-0.39, 0.29) is 5.78 Å². The molecule has 0 aliphatic rings. The molecule has 6 heteroatoms. The van der Waals surface area contributed by atoms with E-state index in [9.17, 15) is 9.59 Å². The molecule has 0 radical (unpaired) electrons. The second-order valence-electron chi connectivity index (χ2n) is 7.89. The lowest BCUT2D eigenvalue weighted by atomic mass is 10.1. The summed E-state index contributed by atoms with van der Waals surface area (Å²) in [5, 5.41) is 2.56. The highest BCUT2D eigenvalue weighted by Gasteiger charge is 2.24. The van der Waals surface area contributed by atoms with Gasteiger partial charge in [0.05, 0.1) is 6.61 Å². The Kier molecular flexibility index (Phi) is 6.78. The highest BCUT2D eigenvalue weighted by atomic mass is 32.1. The summed E-state index contributed by atoms with van der Waals surface area (Å²) in [5.74, 6) is 0.704. The van der Waals surface area contributed by atoms with Crippen LogP contribution in [0.2, 0.25) is 0 Å². The summed E-state index contributed by atoms with van der Waals surface area (Å²) in [7, 11) is 0. The van der Waals surface area contributed by atoms with Crippen molar-refractivity contribution in [3.05, 3.63) is 112 Å². The predicted molar refractivity (Wildman–Crippen MR) is 142 cm³/mol. The normalized spacial score (nSPS) is 11.1. The van der Waals surface area contributed by atoms with E-state index in [2.05, 4.69) is 0 Å². The van der Waals surface area contributed by atoms with E-state index in [1.165, 1.54) is 6.08 Å². The number of fused-ring (bicyclic) bond motifs is 1. The average molecular weight is 495 g/mol. The van der Waals surface area contributed by atoms with Crippen molar-refractivity contribution in [3.8, 4) is 22.8 Å². The molecule has 2 heterocycles. The monoisotopic (exact) mass is 494 g/mol. The Bertz CT molecular complexity index is 1530. The molecule has 0 saturated heterocycles. The number of allylic oxidation sites excluding steroid dienone is 1. The Morgan fingerprint density at radius 1 is 0.917 bits per heavy atom. The van der Waals surface area contributed by atoms with Gasteiger partial charge in [0.15, 0.2) is 5.78 Å². The van der Waals surface area contributed by atoms with Crippen LogP contribution >= 0.6 is 11.3 Å². The molecule has 0 atom stereocenters. The lowest BCUT2D eigenvalue weighted by Crippen LogP contribution is -2.09. The van der Waals surface area contributed by atoms with Crippen molar-refractivity contribution in [2.24, 2.45) is 0 Å². The van der Waals surface area contributed by atoms with Gasteiger partial charge in [0.25, 0.3) is 0 Å². The second kappa shape index (κ2) is 10.5. The number of ether oxygens (including phenoxy) is 2. The Labute approximate surface area is 212 Å². The molecule has 2 aromatic heterocycles. The first-order valence-corrected chi connectivity index (χ1v) is 12.3. The van der Waals surface area contributed by atoms with Crippen molar-refractivity contribution in [3.63, 3.8) is 0 Å². The minimum atomic E-state index is -0.557. The quantitative estimate of drug-likeness (QED) is 0.0958. The van der Waals surface area contributed by atoms with Crippen LogP contribution in [0.15, 0.2) is 101 Å². The zero-order chi connectivity index (χ0) is 24.9. The van der Waals surface area contributed by atoms with E-state index >= 15 is 0 Å². The van der Waals surface area contributed by atoms with Gasteiger partial charge in [0.2, 0.25) is 0 Å². The van der Waals surface area contributed by atoms with Gasteiger partial charge in [0.1, 0.15) is 28.4 Å². The molecule has 3 aromatic carbocycles. The van der Waals surface area contributed by atoms with E-state index in [1.807, 2.05) is 60.8 Å². The molecular weight excluding hydrogens is 472 g/mol. The van der Waals surface area contributed by atoms with Crippen molar-refractivity contribution < 1.29 is 23.5 Å². The number of hydrogen-bond donors (Lipinski definition) is 0. The summed E-state index contributed by atoms with van der Waals surface area (Å²) in [6, 6.07) is 25.2. The molecule has 5 nitrogen and oxygen atoms in total. The molecule has 0 spiro atoms. The lowest BCUT2D eigenvalue weighted by molar-refractivity contribution is 0.0737. The number of esters is 1. The number of hydrogen-bond acceptors (Lipinski definition) is 6. The summed E-state index contributed by atoms with van der Waals surface area (Å²) in [6.07, 6.45) is 3.32. The fraction of sp³-hybridized carbons (Fsp3) is 0.0667. The third-order valence-corrected chi connectivity index (χ3v) is 6.34. The topological polar surface area (TPSA) is 65.7 Å². The molecule has 0 bridgehead atoms. The van der Waals surface area contributed by atoms with E-state index in [4.69, 9.17) is 13.9 Å². The van der Waals surface area contributed by atoms with Gasteiger partial charge in [-0.15, -0.1) is 11.3 Å². The Hall–Kier alpha value is -4.42. The minimum Gasteiger partial charge on any atom is -0.494 e.